The van der Waals surface area contributed by atoms with Crippen LogP contribution in [0.1, 0.15) is 18.7 Å². The van der Waals surface area contributed by atoms with Crippen molar-refractivity contribution in [3.8, 4) is 0 Å². The van der Waals surface area contributed by atoms with Crippen molar-refractivity contribution in [2.75, 3.05) is 13.3 Å². The lowest BCUT2D eigenvalue weighted by atomic mass is 10.1. The molecule has 0 aliphatic carbocycles. The average Bonchev–Trinajstić information content (AvgIpc) is 2.23. The van der Waals surface area contributed by atoms with E-state index in [-0.39, 0.29) is 11.3 Å². The molecule has 0 amide bonds. The predicted octanol–water partition coefficient (Wildman–Crippen LogP) is 0.297. The number of nitrogens with one attached hydrogen (secondary N) is 2. The highest BCUT2D eigenvalue weighted by atomic mass is 16.5. The summed E-state index contributed by atoms with van der Waals surface area (Å²) in [5, 5.41) is 14.7. The smallest absolute Gasteiger partial charge is 0.144 e. The number of ether oxygens (including phenoxy) is 1. The van der Waals surface area contributed by atoms with E-state index in [4.69, 9.17) is 4.74 Å². The molecule has 1 aromatic carbocycles. The molecule has 0 saturated carbocycles. The van der Waals surface area contributed by atoms with Gasteiger partial charge in [-0.2, -0.15) is 0 Å². The number of hydrogen-bond donors (Lipinski definition) is 2. The van der Waals surface area contributed by atoms with Crippen LogP contribution in [0.5, 0.6) is 0 Å². The van der Waals surface area contributed by atoms with Gasteiger partial charge < -0.3 is 15.0 Å². The highest BCUT2D eigenvalue weighted by Crippen LogP contribution is 2.22. The zero-order valence-corrected chi connectivity index (χ0v) is 8.12. The molecular weight excluding hydrogens is 180 g/mol. The summed E-state index contributed by atoms with van der Waals surface area (Å²) in [7, 11) is 0. The number of benzene rings is 1. The Bertz CT molecular complexity index is 317. The molecule has 14 heavy (non-hydrogen) atoms. The van der Waals surface area contributed by atoms with E-state index in [1.165, 1.54) is 0 Å². The molecule has 0 radical (unpaired) electrons. The first kappa shape index (κ1) is 9.61. The van der Waals surface area contributed by atoms with Crippen LogP contribution in [0.4, 0.5) is 5.69 Å². The standard InChI is InChI=1S/C10H14N2O2/c1-2-14-10-8-5-3-4-6-9(8)12(13)7-11-10/h3-6,10-12H,2,7H2,1H3. The molecule has 1 aliphatic rings. The highest BCUT2D eigenvalue weighted by Gasteiger charge is 2.24. The third kappa shape index (κ3) is 1.65. The van der Waals surface area contributed by atoms with E-state index in [0.717, 1.165) is 11.3 Å². The first-order valence-corrected chi connectivity index (χ1v) is 4.80. The molecule has 2 atom stereocenters. The van der Waals surface area contributed by atoms with Crippen molar-refractivity contribution in [2.45, 2.75) is 13.2 Å². The molecule has 4 heteroatoms. The average molecular weight is 194 g/mol. The molecule has 4 nitrogen and oxygen atoms in total. The van der Waals surface area contributed by atoms with Gasteiger partial charge in [0.1, 0.15) is 18.6 Å². The highest BCUT2D eigenvalue weighted by molar-refractivity contribution is 5.41. The van der Waals surface area contributed by atoms with Crippen molar-refractivity contribution in [1.82, 2.24) is 5.32 Å². The monoisotopic (exact) mass is 194 g/mol. The molecule has 1 heterocycles. The first-order valence-electron chi connectivity index (χ1n) is 4.80. The minimum atomic E-state index is -0.131. The summed E-state index contributed by atoms with van der Waals surface area (Å²) in [6.45, 7) is 2.95. The van der Waals surface area contributed by atoms with Crippen LogP contribution in [-0.2, 0) is 4.74 Å². The normalized spacial score (nSPS) is 25.9. The third-order valence-corrected chi connectivity index (χ3v) is 2.33. The molecular formula is C10H14N2O2. The maximum Gasteiger partial charge on any atom is 0.144 e. The zero-order valence-electron chi connectivity index (χ0n) is 8.12. The van der Waals surface area contributed by atoms with Crippen LogP contribution >= 0.6 is 0 Å². The lowest BCUT2D eigenvalue weighted by Gasteiger charge is -2.33. The van der Waals surface area contributed by atoms with Crippen molar-refractivity contribution in [3.05, 3.63) is 35.0 Å². The fourth-order valence-corrected chi connectivity index (χ4v) is 1.69. The summed E-state index contributed by atoms with van der Waals surface area (Å²) in [4.78, 5) is 0. The predicted molar refractivity (Wildman–Crippen MR) is 52.8 cm³/mol. The number of hydroxylamine groups is 1. The minimum absolute atomic E-state index is 0.131. The molecule has 1 aliphatic heterocycles. The Hall–Kier alpha value is -0.940. The van der Waals surface area contributed by atoms with Gasteiger partial charge in [0.25, 0.3) is 0 Å². The SMILES string of the molecule is CCOC1NC[NH+]([O-])c2ccccc21. The zero-order chi connectivity index (χ0) is 9.97. The second-order valence-corrected chi connectivity index (χ2v) is 3.23. The minimum Gasteiger partial charge on any atom is -0.628 e. The Kier molecular flexibility index (Phi) is 2.79. The van der Waals surface area contributed by atoms with Gasteiger partial charge in [-0.15, -0.1) is 0 Å². The fraction of sp³-hybridized carbons (Fsp3) is 0.400. The molecule has 0 saturated heterocycles. The van der Waals surface area contributed by atoms with Crippen LogP contribution in [0.15, 0.2) is 24.3 Å². The van der Waals surface area contributed by atoms with Crippen LogP contribution in [-0.4, -0.2) is 13.3 Å². The molecule has 0 aromatic heterocycles. The number of para-hydroxylation sites is 1. The van der Waals surface area contributed by atoms with Gasteiger partial charge in [0.2, 0.25) is 0 Å². The van der Waals surface area contributed by atoms with Crippen LogP contribution < -0.4 is 10.4 Å². The van der Waals surface area contributed by atoms with Crippen LogP contribution in [0.3, 0.4) is 0 Å². The number of quaternary nitrogens is 1. The van der Waals surface area contributed by atoms with Crippen molar-refractivity contribution in [3.63, 3.8) is 0 Å². The van der Waals surface area contributed by atoms with Gasteiger partial charge in [-0.3, -0.25) is 0 Å². The second-order valence-electron chi connectivity index (χ2n) is 3.23. The fourth-order valence-electron chi connectivity index (χ4n) is 1.69. The number of rotatable bonds is 2. The molecule has 76 valence electrons. The van der Waals surface area contributed by atoms with Gasteiger partial charge in [-0.1, -0.05) is 12.1 Å². The summed E-state index contributed by atoms with van der Waals surface area (Å²) < 4.78 is 5.49. The van der Waals surface area contributed by atoms with Gasteiger partial charge in [0.15, 0.2) is 0 Å². The summed E-state index contributed by atoms with van der Waals surface area (Å²) in [5.41, 5.74) is 1.73. The summed E-state index contributed by atoms with van der Waals surface area (Å²) in [6.07, 6.45) is -0.131. The van der Waals surface area contributed by atoms with E-state index in [2.05, 4.69) is 5.32 Å². The van der Waals surface area contributed by atoms with Crippen molar-refractivity contribution in [1.29, 1.82) is 0 Å². The summed E-state index contributed by atoms with van der Waals surface area (Å²) in [6, 6.07) is 7.58. The Labute approximate surface area is 83.1 Å². The maximum absolute atomic E-state index is 11.5. The molecule has 0 fully saturated rings. The lowest BCUT2D eigenvalue weighted by molar-refractivity contribution is -0.785. The Morgan fingerprint density at radius 3 is 3.14 bits per heavy atom. The Morgan fingerprint density at radius 2 is 2.36 bits per heavy atom. The van der Waals surface area contributed by atoms with E-state index >= 15 is 0 Å². The topological polar surface area (TPSA) is 48.8 Å². The van der Waals surface area contributed by atoms with E-state index in [9.17, 15) is 5.21 Å². The molecule has 2 rings (SSSR count). The number of hydrogen-bond acceptors (Lipinski definition) is 3. The van der Waals surface area contributed by atoms with E-state index in [0.29, 0.717) is 13.3 Å². The molecule has 0 spiro atoms. The number of fused-ring (bicyclic) bond motifs is 1. The summed E-state index contributed by atoms with van der Waals surface area (Å²) in [5.74, 6) is 0. The Morgan fingerprint density at radius 1 is 1.57 bits per heavy atom. The van der Waals surface area contributed by atoms with Crippen molar-refractivity contribution >= 4 is 5.69 Å². The van der Waals surface area contributed by atoms with Gasteiger partial charge in [0, 0.05) is 6.61 Å². The van der Waals surface area contributed by atoms with Gasteiger partial charge >= 0.3 is 0 Å². The van der Waals surface area contributed by atoms with Gasteiger partial charge in [0.05, 0.1) is 5.56 Å². The lowest BCUT2D eigenvalue weighted by Crippen LogP contribution is -3.05. The molecule has 2 N–H and O–H groups in total. The van der Waals surface area contributed by atoms with Crippen LogP contribution in [0.25, 0.3) is 0 Å². The molecule has 0 bridgehead atoms. The largest absolute Gasteiger partial charge is 0.628 e. The molecule has 2 unspecified atom stereocenters. The van der Waals surface area contributed by atoms with Crippen molar-refractivity contribution in [2.24, 2.45) is 0 Å². The maximum atomic E-state index is 11.5. The quantitative estimate of drug-likeness (QED) is 0.666. The van der Waals surface area contributed by atoms with Crippen LogP contribution in [0.2, 0.25) is 0 Å². The van der Waals surface area contributed by atoms with E-state index in [1.807, 2.05) is 31.2 Å². The van der Waals surface area contributed by atoms with Gasteiger partial charge in [-0.05, 0) is 19.1 Å². The van der Waals surface area contributed by atoms with Gasteiger partial charge in [-0.25, -0.2) is 5.32 Å². The van der Waals surface area contributed by atoms with E-state index < -0.39 is 0 Å². The first-order chi connectivity index (χ1) is 6.83. The van der Waals surface area contributed by atoms with E-state index in [1.54, 1.807) is 0 Å². The van der Waals surface area contributed by atoms with Crippen LogP contribution in [0, 0.1) is 5.21 Å². The Balaban J connectivity index is 2.31. The molecule has 1 aromatic rings. The third-order valence-electron chi connectivity index (χ3n) is 2.33. The second kappa shape index (κ2) is 4.06. The summed E-state index contributed by atoms with van der Waals surface area (Å²) >= 11 is 0. The van der Waals surface area contributed by atoms with Crippen molar-refractivity contribution < 1.29 is 9.80 Å².